The summed E-state index contributed by atoms with van der Waals surface area (Å²) in [6.07, 6.45) is 7.44. The van der Waals surface area contributed by atoms with Gasteiger partial charge < -0.3 is 0 Å². The molecule has 4 aromatic heterocycles. The highest BCUT2D eigenvalue weighted by Gasteiger charge is 2.16. The Morgan fingerprint density at radius 1 is 0.893 bits per heavy atom. The fraction of sp³-hybridized carbons (Fsp3) is 0.0870. The molecule has 4 heterocycles. The van der Waals surface area contributed by atoms with E-state index < -0.39 is 0 Å². The van der Waals surface area contributed by atoms with Crippen molar-refractivity contribution in [1.29, 1.82) is 0 Å². The van der Waals surface area contributed by atoms with Crippen LogP contribution in [0.15, 0.2) is 61.2 Å². The smallest absolute Gasteiger partial charge is 0.164 e. The third-order valence-electron chi connectivity index (χ3n) is 5.39. The quantitative estimate of drug-likeness (QED) is 0.354. The van der Waals surface area contributed by atoms with Crippen molar-refractivity contribution in [3.63, 3.8) is 0 Å². The van der Waals surface area contributed by atoms with Crippen molar-refractivity contribution >= 4 is 53.6 Å². The lowest BCUT2D eigenvalue weighted by atomic mass is 10.1. The summed E-state index contributed by atoms with van der Waals surface area (Å²) in [4.78, 5) is 13.6. The monoisotopic (exact) mass is 380 g/mol. The van der Waals surface area contributed by atoms with Gasteiger partial charge in [-0.15, -0.1) is 11.3 Å². The van der Waals surface area contributed by atoms with Crippen molar-refractivity contribution < 1.29 is 0 Å². The highest BCUT2D eigenvalue weighted by atomic mass is 32.1. The first-order valence-corrected chi connectivity index (χ1v) is 10.0. The molecule has 0 aliphatic carbocycles. The molecule has 0 spiro atoms. The fourth-order valence-electron chi connectivity index (χ4n) is 4.21. The molecule has 0 atom stereocenters. The predicted octanol–water partition coefficient (Wildman–Crippen LogP) is 5.95. The molecular weight excluding hydrogens is 364 g/mol. The van der Waals surface area contributed by atoms with Gasteiger partial charge in [-0.2, -0.15) is 0 Å². The number of pyridine rings is 1. The van der Waals surface area contributed by atoms with Crippen LogP contribution in [0.2, 0.25) is 0 Å². The topological polar surface area (TPSA) is 43.6 Å². The molecule has 0 N–H and O–H groups in total. The third-order valence-corrected chi connectivity index (χ3v) is 6.67. The summed E-state index contributed by atoms with van der Waals surface area (Å²) in [6, 6.07) is 12.9. The van der Waals surface area contributed by atoms with Gasteiger partial charge in [-0.3, -0.25) is 14.5 Å². The molecule has 0 fully saturated rings. The predicted molar refractivity (Wildman–Crippen MR) is 117 cm³/mol. The summed E-state index contributed by atoms with van der Waals surface area (Å²) in [5.74, 6) is 0. The molecule has 2 aromatic carbocycles. The van der Waals surface area contributed by atoms with E-state index in [-0.39, 0.29) is 0 Å². The van der Waals surface area contributed by atoms with Crippen LogP contribution in [-0.4, -0.2) is 19.5 Å². The molecule has 134 valence electrons. The van der Waals surface area contributed by atoms with Gasteiger partial charge >= 0.3 is 0 Å². The Balaban J connectivity index is 1.79. The Bertz CT molecular complexity index is 1490. The van der Waals surface area contributed by atoms with E-state index in [4.69, 9.17) is 0 Å². The van der Waals surface area contributed by atoms with Gasteiger partial charge in [0, 0.05) is 51.3 Å². The van der Waals surface area contributed by atoms with E-state index in [1.165, 1.54) is 31.3 Å². The molecule has 6 aromatic rings. The first-order valence-electron chi connectivity index (χ1n) is 9.20. The second kappa shape index (κ2) is 5.59. The van der Waals surface area contributed by atoms with Crippen LogP contribution in [0, 0.1) is 13.8 Å². The Labute approximate surface area is 165 Å². The molecular formula is C23H16N4S. The Morgan fingerprint density at radius 3 is 2.68 bits per heavy atom. The number of para-hydroxylation sites is 1. The van der Waals surface area contributed by atoms with Gasteiger partial charge in [-0.05, 0) is 43.2 Å². The number of rotatable bonds is 1. The van der Waals surface area contributed by atoms with Gasteiger partial charge in [0.05, 0.1) is 10.2 Å². The first-order chi connectivity index (χ1) is 13.7. The largest absolute Gasteiger partial charge is 0.293 e. The summed E-state index contributed by atoms with van der Waals surface area (Å²) in [5, 5.41) is 3.70. The SMILES string of the molecule is Cc1cc(-n2c3ccccc3c3nccnc32)cc2c1sc1cncc(C)c12. The van der Waals surface area contributed by atoms with Gasteiger partial charge in [0.25, 0.3) is 0 Å². The van der Waals surface area contributed by atoms with Crippen LogP contribution < -0.4 is 0 Å². The first kappa shape index (κ1) is 15.7. The van der Waals surface area contributed by atoms with E-state index in [2.05, 4.69) is 69.8 Å². The van der Waals surface area contributed by atoms with Crippen LogP contribution in [0.4, 0.5) is 0 Å². The van der Waals surface area contributed by atoms with Crippen molar-refractivity contribution in [2.24, 2.45) is 0 Å². The number of aryl methyl sites for hydroxylation is 2. The van der Waals surface area contributed by atoms with E-state index in [9.17, 15) is 0 Å². The zero-order chi connectivity index (χ0) is 18.8. The molecule has 5 heteroatoms. The maximum atomic E-state index is 4.67. The van der Waals surface area contributed by atoms with Crippen LogP contribution in [0.25, 0.3) is 47.9 Å². The maximum Gasteiger partial charge on any atom is 0.164 e. The molecule has 0 amide bonds. The maximum absolute atomic E-state index is 4.67. The minimum atomic E-state index is 0.889. The summed E-state index contributed by atoms with van der Waals surface area (Å²) in [5.41, 5.74) is 6.55. The van der Waals surface area contributed by atoms with Crippen LogP contribution in [0.3, 0.4) is 0 Å². The lowest BCUT2D eigenvalue weighted by molar-refractivity contribution is 1.12. The van der Waals surface area contributed by atoms with E-state index in [0.29, 0.717) is 0 Å². The van der Waals surface area contributed by atoms with Crippen molar-refractivity contribution in [2.45, 2.75) is 13.8 Å². The normalized spacial score (nSPS) is 11.9. The number of hydrogen-bond donors (Lipinski definition) is 0. The number of hydrogen-bond acceptors (Lipinski definition) is 4. The number of aromatic nitrogens is 4. The summed E-state index contributed by atoms with van der Waals surface area (Å²) < 4.78 is 4.78. The lowest BCUT2D eigenvalue weighted by Crippen LogP contribution is -1.96. The van der Waals surface area contributed by atoms with Crippen LogP contribution >= 0.6 is 11.3 Å². The second-order valence-electron chi connectivity index (χ2n) is 7.15. The Morgan fingerprint density at radius 2 is 1.75 bits per heavy atom. The zero-order valence-corrected chi connectivity index (χ0v) is 16.3. The number of benzene rings is 2. The van der Waals surface area contributed by atoms with E-state index >= 15 is 0 Å². The lowest BCUT2D eigenvalue weighted by Gasteiger charge is -2.09. The molecule has 0 saturated heterocycles. The minimum Gasteiger partial charge on any atom is -0.293 e. The Kier molecular flexibility index (Phi) is 3.14. The average Bonchev–Trinajstić information content (AvgIpc) is 3.25. The second-order valence-corrected chi connectivity index (χ2v) is 8.20. The third kappa shape index (κ3) is 2.02. The van der Waals surface area contributed by atoms with E-state index in [1.54, 1.807) is 12.4 Å². The zero-order valence-electron chi connectivity index (χ0n) is 15.5. The highest BCUT2D eigenvalue weighted by molar-refractivity contribution is 7.26. The standard InChI is InChI=1S/C23H16N4S/c1-13-9-15(10-17-20-14(2)11-24-12-19(20)28-22(13)17)27-18-6-4-3-5-16(18)21-23(27)26-8-7-25-21/h3-12H,1-2H3. The number of nitrogens with zero attached hydrogens (tertiary/aromatic N) is 4. The minimum absolute atomic E-state index is 0.889. The van der Waals surface area contributed by atoms with Gasteiger partial charge in [-0.1, -0.05) is 18.2 Å². The molecule has 0 saturated carbocycles. The molecule has 0 unspecified atom stereocenters. The molecule has 28 heavy (non-hydrogen) atoms. The van der Waals surface area contributed by atoms with Crippen molar-refractivity contribution in [3.05, 3.63) is 72.3 Å². The number of thiophene rings is 1. The Hall–Kier alpha value is -3.31. The molecule has 4 nitrogen and oxygen atoms in total. The average molecular weight is 380 g/mol. The van der Waals surface area contributed by atoms with Crippen LogP contribution in [0.1, 0.15) is 11.1 Å². The molecule has 6 rings (SSSR count). The molecule has 0 radical (unpaired) electrons. The molecule has 0 aliphatic rings. The van der Waals surface area contributed by atoms with Gasteiger partial charge in [-0.25, -0.2) is 4.98 Å². The van der Waals surface area contributed by atoms with Crippen molar-refractivity contribution in [1.82, 2.24) is 19.5 Å². The summed E-state index contributed by atoms with van der Waals surface area (Å²) in [7, 11) is 0. The fourth-order valence-corrected chi connectivity index (χ4v) is 5.40. The molecule has 0 aliphatic heterocycles. The van der Waals surface area contributed by atoms with E-state index in [1.807, 2.05) is 23.7 Å². The van der Waals surface area contributed by atoms with Gasteiger partial charge in [0.15, 0.2) is 5.65 Å². The van der Waals surface area contributed by atoms with Gasteiger partial charge in [0.2, 0.25) is 0 Å². The summed E-state index contributed by atoms with van der Waals surface area (Å²) >= 11 is 1.82. The van der Waals surface area contributed by atoms with E-state index in [0.717, 1.165) is 27.8 Å². The summed E-state index contributed by atoms with van der Waals surface area (Å²) in [6.45, 7) is 4.32. The molecule has 0 bridgehead atoms. The van der Waals surface area contributed by atoms with Gasteiger partial charge in [0.1, 0.15) is 5.52 Å². The highest BCUT2D eigenvalue weighted by Crippen LogP contribution is 2.39. The van der Waals surface area contributed by atoms with Crippen LogP contribution in [-0.2, 0) is 0 Å². The number of fused-ring (bicyclic) bond motifs is 6. The van der Waals surface area contributed by atoms with Crippen molar-refractivity contribution in [2.75, 3.05) is 0 Å². The van der Waals surface area contributed by atoms with Crippen molar-refractivity contribution in [3.8, 4) is 5.69 Å². The van der Waals surface area contributed by atoms with Crippen LogP contribution in [0.5, 0.6) is 0 Å².